The third-order valence-corrected chi connectivity index (χ3v) is 3.70. The van der Waals surface area contributed by atoms with Crippen LogP contribution in [0.15, 0.2) is 30.3 Å². The summed E-state index contributed by atoms with van der Waals surface area (Å²) in [6, 6.07) is 10.2. The first-order valence-electron chi connectivity index (χ1n) is 6.95. The highest BCUT2D eigenvalue weighted by Crippen LogP contribution is 2.21. The van der Waals surface area contributed by atoms with E-state index in [1.807, 2.05) is 18.2 Å². The normalized spacial score (nSPS) is 13.6. The summed E-state index contributed by atoms with van der Waals surface area (Å²) in [7, 11) is 0. The molecule has 2 nitrogen and oxygen atoms in total. The minimum absolute atomic E-state index is 0.0474. The van der Waals surface area contributed by atoms with Crippen LogP contribution in [0.3, 0.4) is 0 Å². The Morgan fingerprint density at radius 3 is 2.00 bits per heavy atom. The fourth-order valence-corrected chi connectivity index (χ4v) is 2.49. The number of aliphatic hydroxyl groups excluding tert-OH is 1. The molecular weight excluding hydrogens is 222 g/mol. The lowest BCUT2D eigenvalue weighted by atomic mass is 9.85. The summed E-state index contributed by atoms with van der Waals surface area (Å²) in [6.07, 6.45) is 0. The van der Waals surface area contributed by atoms with Gasteiger partial charge in [-0.05, 0) is 29.9 Å². The van der Waals surface area contributed by atoms with Crippen molar-refractivity contribution in [1.82, 2.24) is 5.32 Å². The largest absolute Gasteiger partial charge is 0.394 e. The summed E-state index contributed by atoms with van der Waals surface area (Å²) in [5.41, 5.74) is 1.16. The second kappa shape index (κ2) is 7.55. The van der Waals surface area contributed by atoms with Gasteiger partial charge >= 0.3 is 0 Å². The first-order chi connectivity index (χ1) is 8.56. The Bertz CT molecular complexity index is 313. The third kappa shape index (κ3) is 4.43. The predicted molar refractivity (Wildman–Crippen MR) is 77.4 cm³/mol. The van der Waals surface area contributed by atoms with Crippen molar-refractivity contribution >= 4 is 0 Å². The molecule has 0 aliphatic carbocycles. The second-order valence-electron chi connectivity index (χ2n) is 5.71. The fourth-order valence-electron chi connectivity index (χ4n) is 2.49. The highest BCUT2D eigenvalue weighted by molar-refractivity contribution is 5.18. The standard InChI is InChI=1S/C16H27NO/c1-12(2)15(13(3)4)10-17-16(11-18)14-8-6-5-7-9-14/h5-9,12-13,15-18H,10-11H2,1-4H3/t16-/m0/s1. The Morgan fingerprint density at radius 1 is 1.00 bits per heavy atom. The van der Waals surface area contributed by atoms with E-state index in [9.17, 15) is 5.11 Å². The Balaban J connectivity index is 2.59. The number of nitrogens with one attached hydrogen (secondary N) is 1. The Kier molecular flexibility index (Phi) is 6.37. The molecule has 0 spiro atoms. The quantitative estimate of drug-likeness (QED) is 0.777. The van der Waals surface area contributed by atoms with E-state index in [2.05, 4.69) is 45.1 Å². The van der Waals surface area contributed by atoms with Gasteiger partial charge in [-0.2, -0.15) is 0 Å². The lowest BCUT2D eigenvalue weighted by molar-refractivity contribution is 0.215. The van der Waals surface area contributed by atoms with Crippen molar-refractivity contribution < 1.29 is 5.11 Å². The summed E-state index contributed by atoms with van der Waals surface area (Å²) in [6.45, 7) is 10.2. The van der Waals surface area contributed by atoms with Crippen LogP contribution < -0.4 is 5.32 Å². The van der Waals surface area contributed by atoms with Crippen molar-refractivity contribution in [2.75, 3.05) is 13.2 Å². The molecule has 0 radical (unpaired) electrons. The molecule has 0 bridgehead atoms. The van der Waals surface area contributed by atoms with Gasteiger partial charge in [0.2, 0.25) is 0 Å². The molecule has 1 aromatic carbocycles. The second-order valence-corrected chi connectivity index (χ2v) is 5.71. The molecular formula is C16H27NO. The van der Waals surface area contributed by atoms with E-state index < -0.39 is 0 Å². The summed E-state index contributed by atoms with van der Waals surface area (Å²) in [4.78, 5) is 0. The molecule has 0 unspecified atom stereocenters. The molecule has 2 N–H and O–H groups in total. The maximum Gasteiger partial charge on any atom is 0.0626 e. The molecule has 0 aliphatic heterocycles. The van der Waals surface area contributed by atoms with Crippen molar-refractivity contribution in [3.05, 3.63) is 35.9 Å². The third-order valence-electron chi connectivity index (χ3n) is 3.70. The zero-order chi connectivity index (χ0) is 13.5. The first kappa shape index (κ1) is 15.2. The van der Waals surface area contributed by atoms with Gasteiger partial charge in [0.15, 0.2) is 0 Å². The molecule has 1 aromatic rings. The highest BCUT2D eigenvalue weighted by atomic mass is 16.3. The predicted octanol–water partition coefficient (Wildman–Crippen LogP) is 3.24. The minimum atomic E-state index is 0.0474. The van der Waals surface area contributed by atoms with E-state index >= 15 is 0 Å². The lowest BCUT2D eigenvalue weighted by Crippen LogP contribution is -2.33. The van der Waals surface area contributed by atoms with Gasteiger partial charge in [0.1, 0.15) is 0 Å². The van der Waals surface area contributed by atoms with Gasteiger partial charge in [0.05, 0.1) is 12.6 Å². The van der Waals surface area contributed by atoms with Crippen molar-refractivity contribution in [3.63, 3.8) is 0 Å². The summed E-state index contributed by atoms with van der Waals surface area (Å²) >= 11 is 0. The van der Waals surface area contributed by atoms with E-state index in [-0.39, 0.29) is 12.6 Å². The van der Waals surface area contributed by atoms with Crippen LogP contribution in [0, 0.1) is 17.8 Å². The van der Waals surface area contributed by atoms with Gasteiger partial charge in [-0.1, -0.05) is 58.0 Å². The molecule has 0 aliphatic rings. The molecule has 0 saturated carbocycles. The van der Waals surface area contributed by atoms with Crippen LogP contribution in [0.5, 0.6) is 0 Å². The maximum atomic E-state index is 9.51. The zero-order valence-corrected chi connectivity index (χ0v) is 12.1. The topological polar surface area (TPSA) is 32.3 Å². The van der Waals surface area contributed by atoms with Crippen LogP contribution in [0.2, 0.25) is 0 Å². The average Bonchev–Trinajstić information content (AvgIpc) is 2.34. The molecule has 1 rings (SSSR count). The SMILES string of the molecule is CC(C)C(CN[C@@H](CO)c1ccccc1)C(C)C. The first-order valence-corrected chi connectivity index (χ1v) is 6.95. The van der Waals surface area contributed by atoms with Gasteiger partial charge in [-0.15, -0.1) is 0 Å². The molecule has 102 valence electrons. The van der Waals surface area contributed by atoms with E-state index in [1.165, 1.54) is 0 Å². The molecule has 2 heteroatoms. The number of aliphatic hydroxyl groups is 1. The van der Waals surface area contributed by atoms with Crippen molar-refractivity contribution in [2.45, 2.75) is 33.7 Å². The molecule has 0 amide bonds. The van der Waals surface area contributed by atoms with Gasteiger partial charge in [-0.25, -0.2) is 0 Å². The van der Waals surface area contributed by atoms with Gasteiger partial charge in [0.25, 0.3) is 0 Å². The zero-order valence-electron chi connectivity index (χ0n) is 12.1. The van der Waals surface area contributed by atoms with Crippen molar-refractivity contribution in [2.24, 2.45) is 17.8 Å². The van der Waals surface area contributed by atoms with Crippen LogP contribution in [0.1, 0.15) is 39.3 Å². The summed E-state index contributed by atoms with van der Waals surface area (Å²) in [5.74, 6) is 1.96. The summed E-state index contributed by atoms with van der Waals surface area (Å²) < 4.78 is 0. The monoisotopic (exact) mass is 249 g/mol. The maximum absolute atomic E-state index is 9.51. The molecule has 0 heterocycles. The average molecular weight is 249 g/mol. The van der Waals surface area contributed by atoms with Crippen LogP contribution in [0.25, 0.3) is 0 Å². The van der Waals surface area contributed by atoms with E-state index in [0.29, 0.717) is 17.8 Å². The Morgan fingerprint density at radius 2 is 1.56 bits per heavy atom. The molecule has 18 heavy (non-hydrogen) atoms. The van der Waals surface area contributed by atoms with Crippen molar-refractivity contribution in [3.8, 4) is 0 Å². The van der Waals surface area contributed by atoms with Gasteiger partial charge in [0, 0.05) is 0 Å². The van der Waals surface area contributed by atoms with E-state index in [4.69, 9.17) is 0 Å². The van der Waals surface area contributed by atoms with Crippen molar-refractivity contribution in [1.29, 1.82) is 0 Å². The van der Waals surface area contributed by atoms with Gasteiger partial charge < -0.3 is 10.4 Å². The fraction of sp³-hybridized carbons (Fsp3) is 0.625. The number of rotatable bonds is 7. The smallest absolute Gasteiger partial charge is 0.0626 e. The van der Waals surface area contributed by atoms with Crippen LogP contribution in [-0.4, -0.2) is 18.3 Å². The molecule has 1 atom stereocenters. The van der Waals surface area contributed by atoms with Crippen LogP contribution in [0.4, 0.5) is 0 Å². The minimum Gasteiger partial charge on any atom is -0.394 e. The number of hydrogen-bond donors (Lipinski definition) is 2. The molecule has 0 aromatic heterocycles. The van der Waals surface area contributed by atoms with Gasteiger partial charge in [-0.3, -0.25) is 0 Å². The number of hydrogen-bond acceptors (Lipinski definition) is 2. The highest BCUT2D eigenvalue weighted by Gasteiger charge is 2.19. The van der Waals surface area contributed by atoms with E-state index in [1.54, 1.807) is 0 Å². The lowest BCUT2D eigenvalue weighted by Gasteiger charge is -2.27. The molecule has 0 fully saturated rings. The Labute approximate surface area is 111 Å². The number of benzene rings is 1. The Hall–Kier alpha value is -0.860. The van der Waals surface area contributed by atoms with Crippen LogP contribution in [-0.2, 0) is 0 Å². The van der Waals surface area contributed by atoms with Crippen LogP contribution >= 0.6 is 0 Å². The van der Waals surface area contributed by atoms with E-state index in [0.717, 1.165) is 12.1 Å². The summed E-state index contributed by atoms with van der Waals surface area (Å²) in [5, 5.41) is 13.0. The molecule has 0 saturated heterocycles.